The average Bonchev–Trinajstić information content (AvgIpc) is 3.14. The van der Waals surface area contributed by atoms with Crippen LogP contribution >= 0.6 is 24.0 Å². The van der Waals surface area contributed by atoms with Crippen LogP contribution < -0.4 is 20.1 Å². The average molecular weight is 475 g/mol. The Kier molecular flexibility index (Phi) is 8.27. The standard InChI is InChI=1S/C19H29N3O3.HI/c1-20-18(21-9-10-23-2)22-14-19(7-3-4-8-19)15-5-6-16-17(13-15)25-12-11-24-16;/h5-6,13H,3-4,7-12,14H2,1-2H3,(H2,20,21,22);1H. The van der Waals surface area contributed by atoms with Gasteiger partial charge >= 0.3 is 0 Å². The summed E-state index contributed by atoms with van der Waals surface area (Å²) in [4.78, 5) is 4.31. The number of halogens is 1. The van der Waals surface area contributed by atoms with Crippen molar-refractivity contribution in [3.63, 3.8) is 0 Å². The van der Waals surface area contributed by atoms with Gasteiger partial charge in [0.2, 0.25) is 0 Å². The molecule has 1 aliphatic heterocycles. The Morgan fingerprint density at radius 1 is 1.15 bits per heavy atom. The molecule has 2 N–H and O–H groups in total. The molecule has 146 valence electrons. The molecule has 7 heteroatoms. The lowest BCUT2D eigenvalue weighted by molar-refractivity contribution is 0.171. The number of nitrogens with zero attached hydrogens (tertiary/aromatic N) is 1. The zero-order valence-electron chi connectivity index (χ0n) is 15.7. The maximum Gasteiger partial charge on any atom is 0.191 e. The van der Waals surface area contributed by atoms with Crippen LogP contribution in [0.1, 0.15) is 31.2 Å². The smallest absolute Gasteiger partial charge is 0.191 e. The number of methoxy groups -OCH3 is 1. The number of fused-ring (bicyclic) bond motifs is 1. The van der Waals surface area contributed by atoms with Crippen LogP contribution in [0.4, 0.5) is 0 Å². The van der Waals surface area contributed by atoms with E-state index in [0.717, 1.165) is 30.5 Å². The second-order valence-corrected chi connectivity index (χ2v) is 6.69. The molecule has 3 rings (SSSR count). The first kappa shape index (κ1) is 21.1. The minimum absolute atomic E-state index is 0. The van der Waals surface area contributed by atoms with Crippen molar-refractivity contribution in [2.45, 2.75) is 31.1 Å². The number of nitrogens with one attached hydrogen (secondary N) is 2. The first-order valence-corrected chi connectivity index (χ1v) is 9.11. The van der Waals surface area contributed by atoms with Crippen molar-refractivity contribution in [2.75, 3.05) is 47.1 Å². The van der Waals surface area contributed by atoms with Crippen LogP contribution in [0, 0.1) is 0 Å². The van der Waals surface area contributed by atoms with E-state index in [1.165, 1.54) is 31.2 Å². The van der Waals surface area contributed by atoms with E-state index < -0.39 is 0 Å². The molecule has 1 aliphatic carbocycles. The molecular weight excluding hydrogens is 445 g/mol. The fourth-order valence-electron chi connectivity index (χ4n) is 3.74. The summed E-state index contributed by atoms with van der Waals surface area (Å²) < 4.78 is 16.5. The van der Waals surface area contributed by atoms with E-state index in [4.69, 9.17) is 14.2 Å². The van der Waals surface area contributed by atoms with Gasteiger partial charge in [-0.1, -0.05) is 18.9 Å². The minimum atomic E-state index is 0. The van der Waals surface area contributed by atoms with E-state index in [9.17, 15) is 0 Å². The number of aliphatic imine (C=N–C) groups is 1. The molecule has 6 nitrogen and oxygen atoms in total. The summed E-state index contributed by atoms with van der Waals surface area (Å²) in [5, 5.41) is 6.78. The molecule has 0 spiro atoms. The van der Waals surface area contributed by atoms with Gasteiger partial charge in [-0.3, -0.25) is 4.99 Å². The third kappa shape index (κ3) is 4.94. The largest absolute Gasteiger partial charge is 0.486 e. The van der Waals surface area contributed by atoms with Crippen molar-refractivity contribution >= 4 is 29.9 Å². The van der Waals surface area contributed by atoms with Crippen LogP contribution in [0.5, 0.6) is 11.5 Å². The van der Waals surface area contributed by atoms with Gasteiger partial charge in [0.05, 0.1) is 6.61 Å². The lowest BCUT2D eigenvalue weighted by atomic mass is 9.78. The van der Waals surface area contributed by atoms with E-state index in [2.05, 4.69) is 33.8 Å². The molecule has 0 radical (unpaired) electrons. The molecule has 0 aromatic heterocycles. The molecule has 1 heterocycles. The molecule has 0 saturated heterocycles. The highest BCUT2D eigenvalue weighted by molar-refractivity contribution is 14.0. The van der Waals surface area contributed by atoms with E-state index in [1.807, 2.05) is 0 Å². The van der Waals surface area contributed by atoms with E-state index in [0.29, 0.717) is 19.8 Å². The molecule has 1 fully saturated rings. The van der Waals surface area contributed by atoms with Gasteiger partial charge in [-0.25, -0.2) is 0 Å². The van der Waals surface area contributed by atoms with Crippen LogP contribution in [0.2, 0.25) is 0 Å². The predicted octanol–water partition coefficient (Wildman–Crippen LogP) is 2.70. The Hall–Kier alpha value is -1.22. The quantitative estimate of drug-likeness (QED) is 0.287. The SMILES string of the molecule is CN=C(NCCOC)NCC1(c2ccc3c(c2)OCCO3)CCCC1.I. The van der Waals surface area contributed by atoms with Crippen molar-refractivity contribution in [1.29, 1.82) is 0 Å². The summed E-state index contributed by atoms with van der Waals surface area (Å²) in [6.45, 7) is 3.51. The highest BCUT2D eigenvalue weighted by Gasteiger charge is 2.36. The number of benzene rings is 1. The normalized spacial score (nSPS) is 18.2. The van der Waals surface area contributed by atoms with Crippen molar-refractivity contribution in [2.24, 2.45) is 4.99 Å². The monoisotopic (exact) mass is 475 g/mol. The predicted molar refractivity (Wildman–Crippen MR) is 114 cm³/mol. The Morgan fingerprint density at radius 3 is 2.58 bits per heavy atom. The van der Waals surface area contributed by atoms with Crippen molar-refractivity contribution in [3.05, 3.63) is 23.8 Å². The summed E-state index contributed by atoms with van der Waals surface area (Å²) in [6.07, 6.45) is 4.86. The van der Waals surface area contributed by atoms with Crippen molar-refractivity contribution in [3.8, 4) is 11.5 Å². The zero-order chi connectivity index (χ0) is 17.5. The van der Waals surface area contributed by atoms with Crippen LogP contribution in [-0.4, -0.2) is 53.0 Å². The van der Waals surface area contributed by atoms with Crippen LogP contribution in [-0.2, 0) is 10.2 Å². The Morgan fingerprint density at radius 2 is 1.88 bits per heavy atom. The summed E-state index contributed by atoms with van der Waals surface area (Å²) in [5.41, 5.74) is 1.45. The lowest BCUT2D eigenvalue weighted by Crippen LogP contribution is -2.45. The molecule has 0 unspecified atom stereocenters. The first-order valence-electron chi connectivity index (χ1n) is 9.11. The van der Waals surface area contributed by atoms with Gasteiger partial charge in [-0.15, -0.1) is 24.0 Å². The third-order valence-corrected chi connectivity index (χ3v) is 5.13. The highest BCUT2D eigenvalue weighted by Crippen LogP contribution is 2.43. The van der Waals surface area contributed by atoms with Gasteiger partial charge in [0.1, 0.15) is 13.2 Å². The maximum atomic E-state index is 5.79. The molecule has 0 atom stereocenters. The number of ether oxygens (including phenoxy) is 3. The molecule has 1 saturated carbocycles. The summed E-state index contributed by atoms with van der Waals surface area (Å²) in [6, 6.07) is 6.42. The number of hydrogen-bond acceptors (Lipinski definition) is 4. The molecule has 2 aliphatic rings. The molecule has 0 bridgehead atoms. The van der Waals surface area contributed by atoms with E-state index >= 15 is 0 Å². The minimum Gasteiger partial charge on any atom is -0.486 e. The van der Waals surface area contributed by atoms with E-state index in [1.54, 1.807) is 14.2 Å². The fraction of sp³-hybridized carbons (Fsp3) is 0.632. The molecule has 26 heavy (non-hydrogen) atoms. The molecule has 0 amide bonds. The highest BCUT2D eigenvalue weighted by atomic mass is 127. The Labute approximate surface area is 173 Å². The lowest BCUT2D eigenvalue weighted by Gasteiger charge is -2.32. The first-order chi connectivity index (χ1) is 12.3. The number of guanidine groups is 1. The summed E-state index contributed by atoms with van der Waals surface area (Å²) in [5.74, 6) is 2.55. The fourth-order valence-corrected chi connectivity index (χ4v) is 3.74. The number of rotatable bonds is 6. The summed E-state index contributed by atoms with van der Waals surface area (Å²) in [7, 11) is 3.50. The second-order valence-electron chi connectivity index (χ2n) is 6.69. The van der Waals surface area contributed by atoms with Crippen molar-refractivity contribution < 1.29 is 14.2 Å². The maximum absolute atomic E-state index is 5.79. The molecule has 1 aromatic rings. The van der Waals surface area contributed by atoms with Gasteiger partial charge < -0.3 is 24.8 Å². The Bertz CT molecular complexity index is 604. The van der Waals surface area contributed by atoms with E-state index in [-0.39, 0.29) is 29.4 Å². The van der Waals surface area contributed by atoms with Gasteiger partial charge in [0.15, 0.2) is 17.5 Å². The zero-order valence-corrected chi connectivity index (χ0v) is 18.0. The van der Waals surface area contributed by atoms with Gasteiger partial charge in [0.25, 0.3) is 0 Å². The van der Waals surface area contributed by atoms with Crippen LogP contribution in [0.25, 0.3) is 0 Å². The number of hydrogen-bond donors (Lipinski definition) is 2. The summed E-state index contributed by atoms with van der Waals surface area (Å²) >= 11 is 0. The second kappa shape index (κ2) is 10.2. The van der Waals surface area contributed by atoms with Crippen LogP contribution in [0.3, 0.4) is 0 Å². The topological polar surface area (TPSA) is 64.1 Å². The van der Waals surface area contributed by atoms with Gasteiger partial charge in [0, 0.05) is 32.7 Å². The molecular formula is C19H30IN3O3. The Balaban J connectivity index is 0.00000243. The molecule has 1 aromatic carbocycles. The van der Waals surface area contributed by atoms with Crippen LogP contribution in [0.15, 0.2) is 23.2 Å². The third-order valence-electron chi connectivity index (χ3n) is 5.13. The van der Waals surface area contributed by atoms with Crippen molar-refractivity contribution in [1.82, 2.24) is 10.6 Å². The van der Waals surface area contributed by atoms with Gasteiger partial charge in [-0.05, 0) is 30.5 Å². The van der Waals surface area contributed by atoms with Gasteiger partial charge in [-0.2, -0.15) is 0 Å².